The van der Waals surface area contributed by atoms with E-state index in [4.69, 9.17) is 4.74 Å². The third-order valence-corrected chi connectivity index (χ3v) is 2.18. The molecule has 1 amide bonds. The fraction of sp³-hybridized carbons (Fsp3) is 0.462. The molecule has 0 heterocycles. The van der Waals surface area contributed by atoms with Gasteiger partial charge in [0, 0.05) is 5.69 Å². The lowest BCUT2D eigenvalue weighted by Gasteiger charge is -2.11. The van der Waals surface area contributed by atoms with E-state index in [1.54, 1.807) is 0 Å². The first-order valence-corrected chi connectivity index (χ1v) is 5.50. The van der Waals surface area contributed by atoms with Crippen LogP contribution < -0.4 is 5.32 Å². The Labute approximate surface area is 96.8 Å². The summed E-state index contributed by atoms with van der Waals surface area (Å²) in [6, 6.07) is 5.93. The molecule has 0 saturated carbocycles. The molecule has 16 heavy (non-hydrogen) atoms. The number of rotatable bonds is 3. The van der Waals surface area contributed by atoms with E-state index in [9.17, 15) is 4.79 Å². The molecule has 0 saturated heterocycles. The lowest BCUT2D eigenvalue weighted by molar-refractivity contribution is 0.147. The average Bonchev–Trinajstić information content (AvgIpc) is 2.20. The first kappa shape index (κ1) is 12.6. The highest BCUT2D eigenvalue weighted by molar-refractivity contribution is 5.85. The Hall–Kier alpha value is -1.51. The van der Waals surface area contributed by atoms with Crippen molar-refractivity contribution in [2.45, 2.75) is 27.7 Å². The van der Waals surface area contributed by atoms with E-state index in [1.165, 1.54) is 0 Å². The van der Waals surface area contributed by atoms with Crippen LogP contribution >= 0.6 is 0 Å². The summed E-state index contributed by atoms with van der Waals surface area (Å²) in [5, 5.41) is 2.75. The molecule has 0 aliphatic rings. The Morgan fingerprint density at radius 3 is 2.69 bits per heavy atom. The molecule has 0 spiro atoms. The summed E-state index contributed by atoms with van der Waals surface area (Å²) in [6.45, 7) is 8.40. The minimum Gasteiger partial charge on any atom is -0.449 e. The standard InChI is InChI=1S/C13H19NO2/c1-9(2)8-16-13(15)14-12-7-10(3)5-6-11(12)4/h5-7,9H,8H2,1-4H3,(H,14,15). The van der Waals surface area contributed by atoms with E-state index in [0.717, 1.165) is 16.8 Å². The van der Waals surface area contributed by atoms with Crippen molar-refractivity contribution in [3.8, 4) is 0 Å². The molecule has 0 aromatic heterocycles. The Balaban J connectivity index is 2.59. The van der Waals surface area contributed by atoms with E-state index in [2.05, 4.69) is 5.32 Å². The second-order valence-corrected chi connectivity index (χ2v) is 4.44. The van der Waals surface area contributed by atoms with Crippen molar-refractivity contribution in [2.75, 3.05) is 11.9 Å². The Bertz CT molecular complexity index is 372. The van der Waals surface area contributed by atoms with Crippen LogP contribution in [0.15, 0.2) is 18.2 Å². The molecule has 1 aromatic rings. The van der Waals surface area contributed by atoms with Gasteiger partial charge in [0.05, 0.1) is 6.61 Å². The number of carbonyl (C=O) groups excluding carboxylic acids is 1. The van der Waals surface area contributed by atoms with Gasteiger partial charge in [0.25, 0.3) is 0 Å². The number of carbonyl (C=O) groups is 1. The quantitative estimate of drug-likeness (QED) is 0.848. The van der Waals surface area contributed by atoms with Crippen LogP contribution in [0.1, 0.15) is 25.0 Å². The lowest BCUT2D eigenvalue weighted by Crippen LogP contribution is -2.17. The van der Waals surface area contributed by atoms with E-state index in [1.807, 2.05) is 45.9 Å². The van der Waals surface area contributed by atoms with Crippen LogP contribution in [0, 0.1) is 19.8 Å². The van der Waals surface area contributed by atoms with Crippen molar-refractivity contribution in [3.05, 3.63) is 29.3 Å². The largest absolute Gasteiger partial charge is 0.449 e. The first-order chi connectivity index (χ1) is 7.49. The zero-order chi connectivity index (χ0) is 12.1. The minimum atomic E-state index is -0.387. The molecule has 3 heteroatoms. The smallest absolute Gasteiger partial charge is 0.411 e. The molecular formula is C13H19NO2. The summed E-state index contributed by atoms with van der Waals surface area (Å²) in [5.74, 6) is 0.351. The molecule has 0 aliphatic heterocycles. The molecule has 88 valence electrons. The van der Waals surface area contributed by atoms with Crippen LogP contribution in [0.25, 0.3) is 0 Å². The van der Waals surface area contributed by atoms with Crippen LogP contribution in [0.3, 0.4) is 0 Å². The molecule has 0 atom stereocenters. The zero-order valence-corrected chi connectivity index (χ0v) is 10.3. The molecule has 0 bridgehead atoms. The van der Waals surface area contributed by atoms with Gasteiger partial charge >= 0.3 is 6.09 Å². The molecule has 1 rings (SSSR count). The average molecular weight is 221 g/mol. The van der Waals surface area contributed by atoms with Gasteiger partial charge in [-0.05, 0) is 37.0 Å². The Morgan fingerprint density at radius 2 is 2.06 bits per heavy atom. The van der Waals surface area contributed by atoms with Gasteiger partial charge in [-0.1, -0.05) is 26.0 Å². The normalized spacial score (nSPS) is 10.3. The van der Waals surface area contributed by atoms with Gasteiger partial charge in [0.2, 0.25) is 0 Å². The number of hydrogen-bond acceptors (Lipinski definition) is 2. The number of amides is 1. The summed E-state index contributed by atoms with van der Waals surface area (Å²) in [5.41, 5.74) is 2.96. The van der Waals surface area contributed by atoms with E-state index in [0.29, 0.717) is 12.5 Å². The second-order valence-electron chi connectivity index (χ2n) is 4.44. The highest BCUT2D eigenvalue weighted by atomic mass is 16.5. The van der Waals surface area contributed by atoms with E-state index < -0.39 is 0 Å². The summed E-state index contributed by atoms with van der Waals surface area (Å²) in [6.07, 6.45) is -0.387. The number of aryl methyl sites for hydroxylation is 2. The monoisotopic (exact) mass is 221 g/mol. The van der Waals surface area contributed by atoms with Gasteiger partial charge in [-0.15, -0.1) is 0 Å². The fourth-order valence-corrected chi connectivity index (χ4v) is 1.26. The first-order valence-electron chi connectivity index (χ1n) is 5.50. The minimum absolute atomic E-state index is 0.351. The molecule has 0 aliphatic carbocycles. The highest BCUT2D eigenvalue weighted by Gasteiger charge is 2.06. The molecule has 1 aromatic carbocycles. The SMILES string of the molecule is Cc1ccc(C)c(NC(=O)OCC(C)C)c1. The third kappa shape index (κ3) is 3.93. The highest BCUT2D eigenvalue weighted by Crippen LogP contribution is 2.16. The van der Waals surface area contributed by atoms with E-state index in [-0.39, 0.29) is 6.09 Å². The molecule has 0 unspecified atom stereocenters. The molecule has 3 nitrogen and oxygen atoms in total. The van der Waals surface area contributed by atoms with Crippen molar-refractivity contribution < 1.29 is 9.53 Å². The van der Waals surface area contributed by atoms with Gasteiger partial charge in [-0.25, -0.2) is 4.79 Å². The van der Waals surface area contributed by atoms with Crippen LogP contribution in [0.5, 0.6) is 0 Å². The molecular weight excluding hydrogens is 202 g/mol. The maximum absolute atomic E-state index is 11.4. The van der Waals surface area contributed by atoms with Gasteiger partial charge < -0.3 is 4.74 Å². The van der Waals surface area contributed by atoms with Crippen molar-refractivity contribution in [3.63, 3.8) is 0 Å². The maximum atomic E-state index is 11.4. The summed E-state index contributed by atoms with van der Waals surface area (Å²) >= 11 is 0. The van der Waals surface area contributed by atoms with Gasteiger partial charge in [0.15, 0.2) is 0 Å². The Morgan fingerprint density at radius 1 is 1.38 bits per heavy atom. The lowest BCUT2D eigenvalue weighted by atomic mass is 10.1. The Kier molecular flexibility index (Phi) is 4.35. The fourth-order valence-electron chi connectivity index (χ4n) is 1.26. The number of benzene rings is 1. The molecule has 0 radical (unpaired) electrons. The van der Waals surface area contributed by atoms with Crippen LogP contribution in [0.2, 0.25) is 0 Å². The number of hydrogen-bond donors (Lipinski definition) is 1. The third-order valence-electron chi connectivity index (χ3n) is 2.18. The zero-order valence-electron chi connectivity index (χ0n) is 10.3. The van der Waals surface area contributed by atoms with Crippen molar-refractivity contribution in [1.29, 1.82) is 0 Å². The summed E-state index contributed by atoms with van der Waals surface area (Å²) in [7, 11) is 0. The number of nitrogens with one attached hydrogen (secondary N) is 1. The summed E-state index contributed by atoms with van der Waals surface area (Å²) in [4.78, 5) is 11.4. The van der Waals surface area contributed by atoms with Gasteiger partial charge in [-0.2, -0.15) is 0 Å². The van der Waals surface area contributed by atoms with Crippen LogP contribution in [0.4, 0.5) is 10.5 Å². The predicted molar refractivity (Wildman–Crippen MR) is 65.7 cm³/mol. The summed E-state index contributed by atoms with van der Waals surface area (Å²) < 4.78 is 5.05. The van der Waals surface area contributed by atoms with E-state index >= 15 is 0 Å². The topological polar surface area (TPSA) is 38.3 Å². The molecule has 0 fully saturated rings. The van der Waals surface area contributed by atoms with Crippen LogP contribution in [-0.4, -0.2) is 12.7 Å². The van der Waals surface area contributed by atoms with Gasteiger partial charge in [-0.3, -0.25) is 5.32 Å². The predicted octanol–water partition coefficient (Wildman–Crippen LogP) is 3.51. The van der Waals surface area contributed by atoms with Crippen molar-refractivity contribution in [1.82, 2.24) is 0 Å². The second kappa shape index (κ2) is 5.54. The maximum Gasteiger partial charge on any atom is 0.411 e. The van der Waals surface area contributed by atoms with Crippen molar-refractivity contribution in [2.24, 2.45) is 5.92 Å². The van der Waals surface area contributed by atoms with Gasteiger partial charge in [0.1, 0.15) is 0 Å². The van der Waals surface area contributed by atoms with Crippen LogP contribution in [-0.2, 0) is 4.74 Å². The molecule has 1 N–H and O–H groups in total. The number of ether oxygens (including phenoxy) is 1. The number of anilines is 1. The van der Waals surface area contributed by atoms with Crippen molar-refractivity contribution >= 4 is 11.8 Å².